The molecule has 1 unspecified atom stereocenters. The third kappa shape index (κ3) is 2.38. The van der Waals surface area contributed by atoms with Crippen LogP contribution in [0.5, 0.6) is 0 Å². The van der Waals surface area contributed by atoms with Crippen LogP contribution in [0.1, 0.15) is 47.3 Å². The van der Waals surface area contributed by atoms with Gasteiger partial charge in [0.05, 0.1) is 11.4 Å². The molecule has 1 aliphatic heterocycles. The van der Waals surface area contributed by atoms with Crippen molar-refractivity contribution in [1.29, 1.82) is 0 Å². The van der Waals surface area contributed by atoms with Crippen LogP contribution in [-0.2, 0) is 0 Å². The number of likely N-dealkylation sites (tertiary alicyclic amines) is 1. The molecule has 3 aromatic heterocycles. The zero-order valence-electron chi connectivity index (χ0n) is 12.7. The average molecular weight is 312 g/mol. The molecule has 0 bridgehead atoms. The van der Waals surface area contributed by atoms with E-state index in [1.807, 2.05) is 13.0 Å². The number of piperidine rings is 1. The second kappa shape index (κ2) is 5.49. The van der Waals surface area contributed by atoms with Gasteiger partial charge in [0.2, 0.25) is 11.4 Å². The minimum absolute atomic E-state index is 0.0921. The van der Waals surface area contributed by atoms with Gasteiger partial charge in [-0.25, -0.2) is 4.98 Å². The van der Waals surface area contributed by atoms with Gasteiger partial charge in [-0.2, -0.15) is 0 Å². The Labute approximate surface area is 132 Å². The Morgan fingerprint density at radius 3 is 3.04 bits per heavy atom. The number of hydrogen-bond acceptors (Lipinski definition) is 6. The minimum Gasteiger partial charge on any atom is -0.361 e. The highest BCUT2D eigenvalue weighted by Gasteiger charge is 2.33. The quantitative estimate of drug-likeness (QED) is 0.723. The Morgan fingerprint density at radius 2 is 2.22 bits per heavy atom. The van der Waals surface area contributed by atoms with Crippen molar-refractivity contribution in [1.82, 2.24) is 20.2 Å². The topological polar surface area (TPSA) is 85.3 Å². The van der Waals surface area contributed by atoms with Crippen molar-refractivity contribution in [2.45, 2.75) is 32.2 Å². The highest BCUT2D eigenvalue weighted by Crippen LogP contribution is 2.32. The second-order valence-corrected chi connectivity index (χ2v) is 5.76. The zero-order chi connectivity index (χ0) is 15.8. The highest BCUT2D eigenvalue weighted by atomic mass is 16.5. The number of hydrogen-bond donors (Lipinski definition) is 0. The third-order valence-electron chi connectivity index (χ3n) is 4.20. The predicted octanol–water partition coefficient (Wildman–Crippen LogP) is 2.89. The van der Waals surface area contributed by atoms with E-state index >= 15 is 0 Å². The fourth-order valence-electron chi connectivity index (χ4n) is 3.09. The lowest BCUT2D eigenvalue weighted by Gasteiger charge is -2.33. The molecule has 0 N–H and O–H groups in total. The van der Waals surface area contributed by atoms with Crippen LogP contribution in [0.15, 0.2) is 33.4 Å². The maximum atomic E-state index is 13.0. The predicted molar refractivity (Wildman–Crippen MR) is 80.7 cm³/mol. The van der Waals surface area contributed by atoms with Crippen molar-refractivity contribution >= 4 is 16.9 Å². The van der Waals surface area contributed by atoms with E-state index in [2.05, 4.69) is 15.3 Å². The Kier molecular flexibility index (Phi) is 3.33. The summed E-state index contributed by atoms with van der Waals surface area (Å²) in [5, 5.41) is 8.59. The number of aryl methyl sites for hydroxylation is 1. The van der Waals surface area contributed by atoms with Crippen molar-refractivity contribution in [3.05, 3.63) is 41.6 Å². The molecule has 1 atom stereocenters. The van der Waals surface area contributed by atoms with Crippen LogP contribution in [-0.4, -0.2) is 32.6 Å². The molecule has 1 amide bonds. The summed E-state index contributed by atoms with van der Waals surface area (Å²) in [6, 6.07) is 5.36. The van der Waals surface area contributed by atoms with E-state index in [4.69, 9.17) is 9.05 Å². The van der Waals surface area contributed by atoms with Gasteiger partial charge in [-0.3, -0.25) is 4.79 Å². The van der Waals surface area contributed by atoms with Gasteiger partial charge in [0.1, 0.15) is 11.5 Å². The highest BCUT2D eigenvalue weighted by molar-refractivity contribution is 6.02. The largest absolute Gasteiger partial charge is 0.361 e. The molecule has 118 valence electrons. The number of pyridine rings is 1. The SMILES string of the molecule is Cc1cc(C2CCCCN2C(=O)c2onc3ncccc23)no1. The number of carbonyl (C=O) groups excluding carboxylic acids is 1. The molecule has 1 aliphatic rings. The summed E-state index contributed by atoms with van der Waals surface area (Å²) in [7, 11) is 0. The van der Waals surface area contributed by atoms with Gasteiger partial charge in [-0.05, 0) is 38.3 Å². The Balaban J connectivity index is 1.70. The molecule has 7 heteroatoms. The lowest BCUT2D eigenvalue weighted by atomic mass is 9.98. The van der Waals surface area contributed by atoms with Gasteiger partial charge in [0.15, 0.2) is 0 Å². The molecule has 0 spiro atoms. The minimum atomic E-state index is -0.175. The van der Waals surface area contributed by atoms with Crippen molar-refractivity contribution < 1.29 is 13.8 Å². The Morgan fingerprint density at radius 1 is 1.30 bits per heavy atom. The second-order valence-electron chi connectivity index (χ2n) is 5.76. The summed E-state index contributed by atoms with van der Waals surface area (Å²) in [4.78, 5) is 18.9. The van der Waals surface area contributed by atoms with Crippen molar-refractivity contribution in [2.75, 3.05) is 6.54 Å². The van der Waals surface area contributed by atoms with Crippen LogP contribution in [0.3, 0.4) is 0 Å². The van der Waals surface area contributed by atoms with E-state index < -0.39 is 0 Å². The van der Waals surface area contributed by atoms with E-state index in [9.17, 15) is 4.79 Å². The van der Waals surface area contributed by atoms with E-state index in [1.165, 1.54) is 0 Å². The number of amides is 1. The standard InChI is InChI=1S/C16H16N4O3/c1-10-9-12(18-22-10)13-6-2-3-8-20(13)16(21)14-11-5-4-7-17-15(11)19-23-14/h4-5,7,9,13H,2-3,6,8H2,1H3. The summed E-state index contributed by atoms with van der Waals surface area (Å²) < 4.78 is 10.4. The Hall–Kier alpha value is -2.70. The van der Waals surface area contributed by atoms with Crippen LogP contribution in [0.25, 0.3) is 11.0 Å². The molecule has 1 fully saturated rings. The molecule has 1 saturated heterocycles. The molecule has 7 nitrogen and oxygen atoms in total. The van der Waals surface area contributed by atoms with Crippen LogP contribution >= 0.6 is 0 Å². The van der Waals surface area contributed by atoms with Crippen LogP contribution in [0.4, 0.5) is 0 Å². The zero-order valence-corrected chi connectivity index (χ0v) is 12.7. The maximum Gasteiger partial charge on any atom is 0.293 e. The molecule has 0 radical (unpaired) electrons. The first-order chi connectivity index (χ1) is 11.2. The first-order valence-electron chi connectivity index (χ1n) is 7.68. The fraction of sp³-hybridized carbons (Fsp3) is 0.375. The van der Waals surface area contributed by atoms with Crippen molar-refractivity contribution in [3.8, 4) is 0 Å². The monoisotopic (exact) mass is 312 g/mol. The third-order valence-corrected chi connectivity index (χ3v) is 4.20. The van der Waals surface area contributed by atoms with Gasteiger partial charge in [-0.1, -0.05) is 10.3 Å². The van der Waals surface area contributed by atoms with Gasteiger partial charge >= 0.3 is 0 Å². The maximum absolute atomic E-state index is 13.0. The number of nitrogens with zero attached hydrogens (tertiary/aromatic N) is 4. The summed E-state index contributed by atoms with van der Waals surface area (Å²) in [6.07, 6.45) is 4.51. The number of carbonyl (C=O) groups is 1. The first-order valence-corrected chi connectivity index (χ1v) is 7.68. The van der Waals surface area contributed by atoms with Gasteiger partial charge in [0, 0.05) is 18.8 Å². The van der Waals surface area contributed by atoms with Crippen LogP contribution < -0.4 is 0 Å². The molecule has 4 rings (SSSR count). The Bertz CT molecular complexity index is 854. The van der Waals surface area contributed by atoms with E-state index in [1.54, 1.807) is 23.2 Å². The molecule has 4 heterocycles. The molecular weight excluding hydrogens is 296 g/mol. The van der Waals surface area contributed by atoms with Gasteiger partial charge in [-0.15, -0.1) is 0 Å². The van der Waals surface area contributed by atoms with Crippen molar-refractivity contribution in [3.63, 3.8) is 0 Å². The molecule has 0 saturated carbocycles. The number of fused-ring (bicyclic) bond motifs is 1. The first kappa shape index (κ1) is 13.9. The summed E-state index contributed by atoms with van der Waals surface area (Å²) in [5.41, 5.74) is 1.24. The normalized spacial score (nSPS) is 18.5. The number of rotatable bonds is 2. The van der Waals surface area contributed by atoms with Gasteiger partial charge < -0.3 is 13.9 Å². The average Bonchev–Trinajstić information content (AvgIpc) is 3.20. The molecule has 3 aromatic rings. The lowest BCUT2D eigenvalue weighted by Crippen LogP contribution is -2.38. The van der Waals surface area contributed by atoms with E-state index in [-0.39, 0.29) is 17.7 Å². The summed E-state index contributed by atoms with van der Waals surface area (Å²) in [5.74, 6) is 0.804. The van der Waals surface area contributed by atoms with E-state index in [0.717, 1.165) is 30.7 Å². The summed E-state index contributed by atoms with van der Waals surface area (Å²) >= 11 is 0. The fourth-order valence-corrected chi connectivity index (χ4v) is 3.09. The van der Waals surface area contributed by atoms with Gasteiger partial charge in [0.25, 0.3) is 5.91 Å². The molecule has 0 aromatic carbocycles. The van der Waals surface area contributed by atoms with Crippen molar-refractivity contribution in [2.24, 2.45) is 0 Å². The molecular formula is C16H16N4O3. The number of aromatic nitrogens is 3. The molecule has 0 aliphatic carbocycles. The van der Waals surface area contributed by atoms with Crippen LogP contribution in [0.2, 0.25) is 0 Å². The van der Waals surface area contributed by atoms with E-state index in [0.29, 0.717) is 17.6 Å². The summed E-state index contributed by atoms with van der Waals surface area (Å²) in [6.45, 7) is 2.51. The molecule has 23 heavy (non-hydrogen) atoms. The van der Waals surface area contributed by atoms with Crippen LogP contribution in [0, 0.1) is 6.92 Å². The lowest BCUT2D eigenvalue weighted by molar-refractivity contribution is 0.0562. The smallest absolute Gasteiger partial charge is 0.293 e.